The van der Waals surface area contributed by atoms with Crippen LogP contribution in [0.2, 0.25) is 0 Å². The van der Waals surface area contributed by atoms with Crippen LogP contribution in [0.15, 0.2) is 45.7 Å². The largest absolute Gasteiger partial charge is 0.346 e. The molecule has 0 bridgehead atoms. The van der Waals surface area contributed by atoms with Crippen LogP contribution in [0.3, 0.4) is 0 Å². The van der Waals surface area contributed by atoms with Crippen LogP contribution < -0.4 is 4.90 Å². The molecule has 0 unspecified atom stereocenters. The van der Waals surface area contributed by atoms with E-state index in [4.69, 9.17) is 0 Å². The van der Waals surface area contributed by atoms with E-state index in [1.807, 2.05) is 46.1 Å². The molecule has 0 atom stereocenters. The van der Waals surface area contributed by atoms with Crippen LogP contribution in [0.4, 0.5) is 5.13 Å². The third-order valence-corrected chi connectivity index (χ3v) is 6.76. The van der Waals surface area contributed by atoms with Crippen molar-refractivity contribution in [1.82, 2.24) is 14.9 Å². The molecule has 0 radical (unpaired) electrons. The van der Waals surface area contributed by atoms with Crippen LogP contribution in [0.25, 0.3) is 10.6 Å². The lowest BCUT2D eigenvalue weighted by atomic mass is 10.2. The highest BCUT2D eigenvalue weighted by molar-refractivity contribution is 9.10. The molecule has 3 heterocycles. The number of carbonyl (C=O) groups is 1. The molecule has 8 heteroatoms. The van der Waals surface area contributed by atoms with E-state index in [-0.39, 0.29) is 5.91 Å². The highest BCUT2D eigenvalue weighted by Gasteiger charge is 2.21. The van der Waals surface area contributed by atoms with Gasteiger partial charge >= 0.3 is 0 Å². The van der Waals surface area contributed by atoms with Crippen LogP contribution in [-0.2, 0) is 11.2 Å². The Morgan fingerprint density at radius 3 is 2.93 bits per heavy atom. The van der Waals surface area contributed by atoms with E-state index in [9.17, 15) is 4.79 Å². The zero-order chi connectivity index (χ0) is 18.6. The Kier molecular flexibility index (Phi) is 5.85. The summed E-state index contributed by atoms with van der Waals surface area (Å²) in [5.41, 5.74) is 1.92. The van der Waals surface area contributed by atoms with Gasteiger partial charge in [-0.25, -0.2) is 9.97 Å². The molecular weight excluding hydrogens is 444 g/mol. The van der Waals surface area contributed by atoms with E-state index < -0.39 is 0 Å². The fraction of sp³-hybridized carbons (Fsp3) is 0.316. The molecule has 2 aromatic heterocycles. The van der Waals surface area contributed by atoms with Crippen LogP contribution in [0, 0.1) is 0 Å². The van der Waals surface area contributed by atoms with Crippen LogP contribution in [-0.4, -0.2) is 47.0 Å². The van der Waals surface area contributed by atoms with Crippen molar-refractivity contribution < 1.29 is 4.79 Å². The predicted molar refractivity (Wildman–Crippen MR) is 114 cm³/mol. The molecule has 1 aromatic carbocycles. The highest BCUT2D eigenvalue weighted by Crippen LogP contribution is 2.26. The summed E-state index contributed by atoms with van der Waals surface area (Å²) in [6.45, 7) is 3.31. The Morgan fingerprint density at radius 1 is 1.19 bits per heavy atom. The molecule has 1 saturated heterocycles. The smallest absolute Gasteiger partial charge is 0.228 e. The summed E-state index contributed by atoms with van der Waals surface area (Å²) in [5.74, 6) is 0.155. The first kappa shape index (κ1) is 18.6. The van der Waals surface area contributed by atoms with Crippen molar-refractivity contribution in [2.75, 3.05) is 31.1 Å². The van der Waals surface area contributed by atoms with Gasteiger partial charge < -0.3 is 9.80 Å². The Labute approximate surface area is 174 Å². The zero-order valence-electron chi connectivity index (χ0n) is 14.7. The normalized spacial score (nSPS) is 15.0. The summed E-state index contributed by atoms with van der Waals surface area (Å²) >= 11 is 6.73. The van der Waals surface area contributed by atoms with E-state index in [2.05, 4.69) is 30.8 Å². The molecule has 1 aliphatic heterocycles. The topological polar surface area (TPSA) is 49.3 Å². The maximum Gasteiger partial charge on any atom is 0.228 e. The third-order valence-electron chi connectivity index (χ3n) is 4.49. The summed E-state index contributed by atoms with van der Waals surface area (Å²) < 4.78 is 1.03. The maximum atomic E-state index is 12.8. The van der Waals surface area contributed by atoms with E-state index in [1.54, 1.807) is 22.7 Å². The minimum atomic E-state index is 0.155. The molecular formula is C19H19BrN4OS2. The van der Waals surface area contributed by atoms with Gasteiger partial charge in [-0.05, 0) is 18.6 Å². The van der Waals surface area contributed by atoms with Crippen molar-refractivity contribution in [3.05, 3.63) is 51.4 Å². The number of rotatable bonds is 4. The lowest BCUT2D eigenvalue weighted by Gasteiger charge is -2.21. The van der Waals surface area contributed by atoms with Crippen molar-refractivity contribution in [2.24, 2.45) is 0 Å². The fourth-order valence-corrected chi connectivity index (χ4v) is 5.05. The third kappa shape index (κ3) is 4.56. The number of thiazole rings is 2. The summed E-state index contributed by atoms with van der Waals surface area (Å²) in [6, 6.07) is 8.08. The molecule has 140 valence electrons. The minimum Gasteiger partial charge on any atom is -0.346 e. The van der Waals surface area contributed by atoms with Crippen molar-refractivity contribution in [1.29, 1.82) is 0 Å². The van der Waals surface area contributed by atoms with Gasteiger partial charge in [-0.3, -0.25) is 4.79 Å². The second kappa shape index (κ2) is 8.50. The first-order chi connectivity index (χ1) is 13.2. The molecule has 4 rings (SSSR count). The van der Waals surface area contributed by atoms with Crippen molar-refractivity contribution >= 4 is 49.6 Å². The average molecular weight is 463 g/mol. The van der Waals surface area contributed by atoms with Gasteiger partial charge in [0.1, 0.15) is 5.01 Å². The number of amides is 1. The number of hydrogen-bond acceptors (Lipinski definition) is 6. The molecule has 0 saturated carbocycles. The van der Waals surface area contributed by atoms with Crippen LogP contribution in [0.1, 0.15) is 12.1 Å². The molecule has 3 aromatic rings. The van der Waals surface area contributed by atoms with Gasteiger partial charge in [-0.1, -0.05) is 28.1 Å². The van der Waals surface area contributed by atoms with Gasteiger partial charge in [0.2, 0.25) is 5.91 Å². The summed E-state index contributed by atoms with van der Waals surface area (Å²) in [4.78, 5) is 26.1. The van der Waals surface area contributed by atoms with Gasteiger partial charge in [0.25, 0.3) is 0 Å². The molecule has 1 fully saturated rings. The quantitative estimate of drug-likeness (QED) is 0.579. The highest BCUT2D eigenvalue weighted by atomic mass is 79.9. The minimum absolute atomic E-state index is 0.155. The van der Waals surface area contributed by atoms with Crippen molar-refractivity contribution in [2.45, 2.75) is 12.8 Å². The number of anilines is 1. The Hall–Kier alpha value is -1.77. The predicted octanol–water partition coefficient (Wildman–Crippen LogP) is 4.31. The number of benzene rings is 1. The van der Waals surface area contributed by atoms with Gasteiger partial charge in [0, 0.05) is 53.2 Å². The maximum absolute atomic E-state index is 12.8. The van der Waals surface area contributed by atoms with Gasteiger partial charge in [-0.15, -0.1) is 22.7 Å². The average Bonchev–Trinajstić information content (AvgIpc) is 3.30. The SMILES string of the molecule is O=C(Cc1csc(-c2cccc(Br)c2)n1)N1CCCN(c2nccs2)CC1. The first-order valence-corrected chi connectivity index (χ1v) is 11.4. The monoisotopic (exact) mass is 462 g/mol. The van der Waals surface area contributed by atoms with E-state index >= 15 is 0 Å². The molecule has 0 N–H and O–H groups in total. The molecule has 0 spiro atoms. The van der Waals surface area contributed by atoms with Gasteiger partial charge in [0.15, 0.2) is 5.13 Å². The van der Waals surface area contributed by atoms with Crippen molar-refractivity contribution in [3.8, 4) is 10.6 Å². The Morgan fingerprint density at radius 2 is 2.11 bits per heavy atom. The van der Waals surface area contributed by atoms with Crippen molar-refractivity contribution in [3.63, 3.8) is 0 Å². The lowest BCUT2D eigenvalue weighted by Crippen LogP contribution is -2.36. The molecule has 27 heavy (non-hydrogen) atoms. The number of nitrogens with zero attached hydrogens (tertiary/aromatic N) is 4. The first-order valence-electron chi connectivity index (χ1n) is 8.81. The second-order valence-corrected chi connectivity index (χ2v) is 9.01. The molecule has 5 nitrogen and oxygen atoms in total. The Balaban J connectivity index is 1.38. The summed E-state index contributed by atoms with van der Waals surface area (Å²) in [6.07, 6.45) is 3.16. The number of halogens is 1. The molecule has 1 aliphatic rings. The summed E-state index contributed by atoms with van der Waals surface area (Å²) in [7, 11) is 0. The standard InChI is InChI=1S/C19H19BrN4OS2/c20-15-4-1-3-14(11-15)18-22-16(13-27-18)12-17(25)23-6-2-7-24(9-8-23)19-21-5-10-26-19/h1,3-5,10-11,13H,2,6-9,12H2. The number of carbonyl (C=O) groups excluding carboxylic acids is 1. The Bertz CT molecular complexity index is 912. The zero-order valence-corrected chi connectivity index (χ0v) is 17.9. The van der Waals surface area contributed by atoms with Gasteiger partial charge in [0.05, 0.1) is 12.1 Å². The van der Waals surface area contributed by atoms with E-state index in [0.29, 0.717) is 6.42 Å². The lowest BCUT2D eigenvalue weighted by molar-refractivity contribution is -0.130. The number of hydrogen-bond donors (Lipinski definition) is 0. The van der Waals surface area contributed by atoms with Crippen LogP contribution >= 0.6 is 38.6 Å². The fourth-order valence-electron chi connectivity index (χ4n) is 3.14. The molecule has 0 aliphatic carbocycles. The summed E-state index contributed by atoms with van der Waals surface area (Å²) in [5, 5.41) is 5.98. The second-order valence-electron chi connectivity index (χ2n) is 6.37. The van der Waals surface area contributed by atoms with Crippen LogP contribution in [0.5, 0.6) is 0 Å². The molecule has 1 amide bonds. The van der Waals surface area contributed by atoms with E-state index in [1.165, 1.54) is 0 Å². The van der Waals surface area contributed by atoms with E-state index in [0.717, 1.165) is 58.5 Å². The van der Waals surface area contributed by atoms with Gasteiger partial charge in [-0.2, -0.15) is 0 Å². The number of aromatic nitrogens is 2.